The Labute approximate surface area is 125 Å². The van der Waals surface area contributed by atoms with Crippen molar-refractivity contribution in [1.82, 2.24) is 0 Å². The zero-order valence-electron chi connectivity index (χ0n) is 11.2. The fraction of sp³-hybridized carbons (Fsp3) is 0.133. The summed E-state index contributed by atoms with van der Waals surface area (Å²) in [5, 5.41) is 2.68. The van der Waals surface area contributed by atoms with Crippen molar-refractivity contribution in [1.29, 1.82) is 0 Å². The third-order valence-electron chi connectivity index (χ3n) is 2.63. The smallest absolute Gasteiger partial charge is 0.234 e. The first-order chi connectivity index (χ1) is 10.1. The second-order valence-electron chi connectivity index (χ2n) is 4.14. The zero-order chi connectivity index (χ0) is 15.2. The van der Waals surface area contributed by atoms with Crippen LogP contribution in [0.4, 0.5) is 14.5 Å². The van der Waals surface area contributed by atoms with E-state index >= 15 is 0 Å². The van der Waals surface area contributed by atoms with E-state index in [0.29, 0.717) is 11.4 Å². The van der Waals surface area contributed by atoms with Crippen molar-refractivity contribution >= 4 is 23.4 Å². The van der Waals surface area contributed by atoms with Gasteiger partial charge in [-0.2, -0.15) is 0 Å². The van der Waals surface area contributed by atoms with Crippen molar-refractivity contribution in [2.75, 3.05) is 18.2 Å². The van der Waals surface area contributed by atoms with Crippen LogP contribution in [0.1, 0.15) is 0 Å². The minimum Gasteiger partial charge on any atom is -0.497 e. The predicted molar refractivity (Wildman–Crippen MR) is 78.7 cm³/mol. The Kier molecular flexibility index (Phi) is 5.16. The number of halogens is 2. The average molecular weight is 309 g/mol. The van der Waals surface area contributed by atoms with E-state index < -0.39 is 11.6 Å². The molecule has 0 spiro atoms. The van der Waals surface area contributed by atoms with Crippen LogP contribution in [0.2, 0.25) is 0 Å². The van der Waals surface area contributed by atoms with Gasteiger partial charge in [-0.25, -0.2) is 8.78 Å². The molecule has 3 nitrogen and oxygen atoms in total. The molecule has 0 heterocycles. The summed E-state index contributed by atoms with van der Waals surface area (Å²) in [5.41, 5.74) is 0.626. The van der Waals surface area contributed by atoms with Gasteiger partial charge in [0.25, 0.3) is 0 Å². The molecule has 0 aliphatic carbocycles. The molecule has 2 rings (SSSR count). The maximum absolute atomic E-state index is 13.4. The maximum Gasteiger partial charge on any atom is 0.234 e. The third kappa shape index (κ3) is 4.46. The van der Waals surface area contributed by atoms with Crippen LogP contribution in [0.5, 0.6) is 5.75 Å². The second-order valence-corrected chi connectivity index (χ2v) is 5.16. The Morgan fingerprint density at radius 1 is 1.19 bits per heavy atom. The highest BCUT2D eigenvalue weighted by molar-refractivity contribution is 8.00. The Morgan fingerprint density at radius 3 is 2.52 bits per heavy atom. The monoisotopic (exact) mass is 309 g/mol. The standard InChI is InChI=1S/C15H13F2NO2S/c1-20-12-5-3-11(4-6-12)18-15(19)9-21-14-7-2-10(16)8-13(14)17/h2-8H,9H2,1H3,(H,18,19). The highest BCUT2D eigenvalue weighted by Gasteiger charge is 2.08. The zero-order valence-corrected chi connectivity index (χ0v) is 12.0. The Bertz CT molecular complexity index is 632. The van der Waals surface area contributed by atoms with E-state index in [0.717, 1.165) is 23.9 Å². The van der Waals surface area contributed by atoms with Gasteiger partial charge < -0.3 is 10.1 Å². The minimum absolute atomic E-state index is 0.0363. The molecular formula is C15H13F2NO2S. The molecule has 0 saturated carbocycles. The third-order valence-corrected chi connectivity index (χ3v) is 3.68. The fourth-order valence-corrected chi connectivity index (χ4v) is 2.33. The second kappa shape index (κ2) is 7.08. The summed E-state index contributed by atoms with van der Waals surface area (Å²) >= 11 is 1.01. The molecule has 0 fully saturated rings. The Balaban J connectivity index is 1.89. The highest BCUT2D eigenvalue weighted by atomic mass is 32.2. The molecule has 0 radical (unpaired) electrons. The molecule has 110 valence electrons. The number of amides is 1. The number of hydrogen-bond acceptors (Lipinski definition) is 3. The lowest BCUT2D eigenvalue weighted by molar-refractivity contribution is -0.113. The van der Waals surface area contributed by atoms with Crippen LogP contribution in [0, 0.1) is 11.6 Å². The van der Waals surface area contributed by atoms with E-state index in [2.05, 4.69) is 5.32 Å². The summed E-state index contributed by atoms with van der Waals surface area (Å²) in [7, 11) is 1.56. The van der Waals surface area contributed by atoms with E-state index in [4.69, 9.17) is 4.74 Å². The number of thioether (sulfide) groups is 1. The van der Waals surface area contributed by atoms with E-state index in [-0.39, 0.29) is 16.6 Å². The number of anilines is 1. The van der Waals surface area contributed by atoms with Gasteiger partial charge in [0, 0.05) is 16.6 Å². The Hall–Kier alpha value is -2.08. The number of ether oxygens (including phenoxy) is 1. The van der Waals surface area contributed by atoms with Gasteiger partial charge in [0.15, 0.2) is 0 Å². The number of hydrogen-bond donors (Lipinski definition) is 1. The molecule has 0 aliphatic rings. The normalized spacial score (nSPS) is 10.2. The largest absolute Gasteiger partial charge is 0.497 e. The number of carbonyl (C=O) groups is 1. The first-order valence-electron chi connectivity index (χ1n) is 6.10. The van der Waals surface area contributed by atoms with Gasteiger partial charge in [0.1, 0.15) is 17.4 Å². The number of rotatable bonds is 5. The summed E-state index contributed by atoms with van der Waals surface area (Å²) < 4.78 is 31.2. The molecule has 1 amide bonds. The van der Waals surface area contributed by atoms with Gasteiger partial charge in [-0.15, -0.1) is 11.8 Å². The predicted octanol–water partition coefficient (Wildman–Crippen LogP) is 3.70. The van der Waals surface area contributed by atoms with Gasteiger partial charge in [-0.05, 0) is 36.4 Å². The number of methoxy groups -OCH3 is 1. The van der Waals surface area contributed by atoms with Crippen molar-refractivity contribution in [2.45, 2.75) is 4.90 Å². The first-order valence-corrected chi connectivity index (χ1v) is 7.09. The molecule has 0 saturated heterocycles. The van der Waals surface area contributed by atoms with Crippen LogP contribution in [0.25, 0.3) is 0 Å². The van der Waals surface area contributed by atoms with Crippen LogP contribution < -0.4 is 10.1 Å². The van der Waals surface area contributed by atoms with Crippen LogP contribution in [-0.2, 0) is 4.79 Å². The SMILES string of the molecule is COc1ccc(NC(=O)CSc2ccc(F)cc2F)cc1. The molecule has 0 aromatic heterocycles. The molecule has 0 atom stereocenters. The molecule has 2 aromatic carbocycles. The lowest BCUT2D eigenvalue weighted by Gasteiger charge is -2.06. The van der Waals surface area contributed by atoms with Crippen LogP contribution in [-0.4, -0.2) is 18.8 Å². The van der Waals surface area contributed by atoms with E-state index in [1.54, 1.807) is 31.4 Å². The van der Waals surface area contributed by atoms with Gasteiger partial charge in [-0.1, -0.05) is 0 Å². The molecule has 6 heteroatoms. The van der Waals surface area contributed by atoms with Crippen molar-refractivity contribution in [2.24, 2.45) is 0 Å². The topological polar surface area (TPSA) is 38.3 Å². The molecule has 0 bridgehead atoms. The summed E-state index contributed by atoms with van der Waals surface area (Å²) in [6.07, 6.45) is 0. The molecular weight excluding hydrogens is 296 g/mol. The van der Waals surface area contributed by atoms with E-state index in [1.165, 1.54) is 6.07 Å². The number of nitrogens with one attached hydrogen (secondary N) is 1. The van der Waals surface area contributed by atoms with E-state index in [1.807, 2.05) is 0 Å². The maximum atomic E-state index is 13.4. The molecule has 0 unspecified atom stereocenters. The van der Waals surface area contributed by atoms with Crippen molar-refractivity contribution < 1.29 is 18.3 Å². The molecule has 1 N–H and O–H groups in total. The quantitative estimate of drug-likeness (QED) is 0.856. The van der Waals surface area contributed by atoms with Gasteiger partial charge >= 0.3 is 0 Å². The molecule has 2 aromatic rings. The first kappa shape index (κ1) is 15.3. The van der Waals surface area contributed by atoms with Gasteiger partial charge in [0.2, 0.25) is 5.91 Å². The van der Waals surface area contributed by atoms with Crippen molar-refractivity contribution in [3.8, 4) is 5.75 Å². The van der Waals surface area contributed by atoms with Crippen molar-refractivity contribution in [3.05, 3.63) is 54.1 Å². The summed E-state index contributed by atoms with van der Waals surface area (Å²) in [6, 6.07) is 10.1. The summed E-state index contributed by atoms with van der Waals surface area (Å²) in [6.45, 7) is 0. The van der Waals surface area contributed by atoms with Crippen LogP contribution in [0.3, 0.4) is 0 Å². The molecule has 0 aliphatic heterocycles. The lowest BCUT2D eigenvalue weighted by Crippen LogP contribution is -2.14. The fourth-order valence-electron chi connectivity index (χ4n) is 1.61. The van der Waals surface area contributed by atoms with E-state index in [9.17, 15) is 13.6 Å². The minimum atomic E-state index is -0.669. The summed E-state index contributed by atoms with van der Waals surface area (Å²) in [5.74, 6) is -0.851. The van der Waals surface area contributed by atoms with Crippen LogP contribution in [0.15, 0.2) is 47.4 Å². The average Bonchev–Trinajstić information content (AvgIpc) is 2.47. The van der Waals surface area contributed by atoms with Gasteiger partial charge in [0.05, 0.1) is 12.9 Å². The van der Waals surface area contributed by atoms with Crippen LogP contribution >= 0.6 is 11.8 Å². The Morgan fingerprint density at radius 2 is 1.90 bits per heavy atom. The number of carbonyl (C=O) groups excluding carboxylic acids is 1. The lowest BCUT2D eigenvalue weighted by atomic mass is 10.3. The van der Waals surface area contributed by atoms with Crippen molar-refractivity contribution in [3.63, 3.8) is 0 Å². The number of benzene rings is 2. The highest BCUT2D eigenvalue weighted by Crippen LogP contribution is 2.22. The van der Waals surface area contributed by atoms with Gasteiger partial charge in [-0.3, -0.25) is 4.79 Å². The summed E-state index contributed by atoms with van der Waals surface area (Å²) in [4.78, 5) is 12.0. The molecule has 21 heavy (non-hydrogen) atoms.